The van der Waals surface area contributed by atoms with Gasteiger partial charge in [0.25, 0.3) is 5.91 Å². The van der Waals surface area contributed by atoms with Crippen molar-refractivity contribution < 1.29 is 17.9 Å². The first-order chi connectivity index (χ1) is 12.4. The van der Waals surface area contributed by atoms with Gasteiger partial charge in [-0.25, -0.2) is 13.4 Å². The molecule has 0 aliphatic carbocycles. The lowest BCUT2D eigenvalue weighted by Crippen LogP contribution is -2.45. The number of benzene rings is 1. The fraction of sp³-hybridized carbons (Fsp3) is 0.562. The summed E-state index contributed by atoms with van der Waals surface area (Å²) < 4.78 is 32.3. The molecule has 0 spiro atoms. The summed E-state index contributed by atoms with van der Waals surface area (Å²) >= 11 is 12.3. The van der Waals surface area contributed by atoms with E-state index in [2.05, 4.69) is 5.43 Å². The lowest BCUT2D eigenvalue weighted by Gasteiger charge is -2.28. The molecule has 1 aromatic carbocycles. The molecule has 3 rings (SSSR count). The Kier molecular flexibility index (Phi) is 6.42. The van der Waals surface area contributed by atoms with Crippen LogP contribution in [0.4, 0.5) is 0 Å². The zero-order chi connectivity index (χ0) is 18.7. The van der Waals surface area contributed by atoms with Crippen molar-refractivity contribution in [1.82, 2.24) is 14.7 Å². The second-order valence-electron chi connectivity index (χ2n) is 6.27. The van der Waals surface area contributed by atoms with Crippen LogP contribution in [-0.4, -0.2) is 63.0 Å². The normalized spacial score (nSPS) is 20.1. The number of halogens is 2. The number of hydrogen-bond donors (Lipinski definition) is 1. The molecule has 1 aromatic rings. The Morgan fingerprint density at radius 3 is 2.31 bits per heavy atom. The minimum Gasteiger partial charge on any atom is -0.379 e. The van der Waals surface area contributed by atoms with Gasteiger partial charge in [0.05, 0.1) is 28.8 Å². The third kappa shape index (κ3) is 4.32. The van der Waals surface area contributed by atoms with Crippen molar-refractivity contribution in [3.8, 4) is 0 Å². The van der Waals surface area contributed by atoms with E-state index in [1.54, 1.807) is 0 Å². The highest BCUT2D eigenvalue weighted by Gasteiger charge is 2.30. The van der Waals surface area contributed by atoms with E-state index in [1.165, 1.54) is 16.4 Å². The minimum atomic E-state index is -3.83. The second kappa shape index (κ2) is 8.41. The van der Waals surface area contributed by atoms with E-state index in [4.69, 9.17) is 27.9 Å². The number of nitrogens with one attached hydrogen (secondary N) is 1. The van der Waals surface area contributed by atoms with Crippen molar-refractivity contribution in [3.63, 3.8) is 0 Å². The van der Waals surface area contributed by atoms with E-state index < -0.39 is 15.9 Å². The standard InChI is InChI=1S/C16H21Cl2N3O4S/c17-13-11-14(18)15(26(23,24)21-6-8-25-9-7-21)10-12(13)16(22)19-20-4-2-1-3-5-20/h10-11H,1-9H2,(H,19,22). The first-order valence-electron chi connectivity index (χ1n) is 8.52. The number of carbonyl (C=O) groups is 1. The van der Waals surface area contributed by atoms with E-state index in [9.17, 15) is 13.2 Å². The van der Waals surface area contributed by atoms with Crippen molar-refractivity contribution in [2.75, 3.05) is 39.4 Å². The van der Waals surface area contributed by atoms with Crippen LogP contribution in [0.3, 0.4) is 0 Å². The Bertz CT molecular complexity index is 776. The summed E-state index contributed by atoms with van der Waals surface area (Å²) in [5, 5.41) is 1.94. The highest BCUT2D eigenvalue weighted by atomic mass is 35.5. The third-order valence-corrected chi connectivity index (χ3v) is 7.15. The molecule has 0 radical (unpaired) electrons. The summed E-state index contributed by atoms with van der Waals surface area (Å²) in [4.78, 5) is 12.5. The van der Waals surface area contributed by atoms with Crippen LogP contribution in [0.1, 0.15) is 29.6 Å². The van der Waals surface area contributed by atoms with Gasteiger partial charge in [0.2, 0.25) is 10.0 Å². The van der Waals surface area contributed by atoms with Crippen LogP contribution in [0.25, 0.3) is 0 Å². The Hall–Kier alpha value is -0.900. The number of piperidine rings is 1. The van der Waals surface area contributed by atoms with E-state index in [-0.39, 0.29) is 33.6 Å². The maximum Gasteiger partial charge on any atom is 0.267 e. The van der Waals surface area contributed by atoms with Crippen molar-refractivity contribution in [3.05, 3.63) is 27.7 Å². The zero-order valence-electron chi connectivity index (χ0n) is 14.2. The molecule has 0 saturated carbocycles. The summed E-state index contributed by atoms with van der Waals surface area (Å²) in [5.74, 6) is -0.438. The summed E-state index contributed by atoms with van der Waals surface area (Å²) in [7, 11) is -3.83. The molecule has 2 fully saturated rings. The number of morpholine rings is 1. The predicted molar refractivity (Wildman–Crippen MR) is 98.9 cm³/mol. The van der Waals surface area contributed by atoms with Crippen molar-refractivity contribution >= 4 is 39.1 Å². The molecule has 0 bridgehead atoms. The third-order valence-electron chi connectivity index (χ3n) is 4.47. The van der Waals surface area contributed by atoms with E-state index in [0.717, 1.165) is 32.4 Å². The topological polar surface area (TPSA) is 79.0 Å². The summed E-state index contributed by atoms with van der Waals surface area (Å²) in [5.41, 5.74) is 2.88. The maximum absolute atomic E-state index is 12.9. The van der Waals surface area contributed by atoms with Crippen LogP contribution in [0.5, 0.6) is 0 Å². The molecule has 0 unspecified atom stereocenters. The Morgan fingerprint density at radius 1 is 1.00 bits per heavy atom. The monoisotopic (exact) mass is 421 g/mol. The van der Waals surface area contributed by atoms with E-state index in [1.807, 2.05) is 5.01 Å². The quantitative estimate of drug-likeness (QED) is 0.805. The SMILES string of the molecule is O=C(NN1CCCCC1)c1cc(S(=O)(=O)N2CCOCC2)c(Cl)cc1Cl. The van der Waals surface area contributed by atoms with Gasteiger partial charge in [-0.15, -0.1) is 0 Å². The second-order valence-corrected chi connectivity index (χ2v) is 8.99. The largest absolute Gasteiger partial charge is 0.379 e. The van der Waals surface area contributed by atoms with Crippen molar-refractivity contribution in [1.29, 1.82) is 0 Å². The first-order valence-corrected chi connectivity index (χ1v) is 10.7. The van der Waals surface area contributed by atoms with Gasteiger partial charge in [0.1, 0.15) is 4.90 Å². The zero-order valence-corrected chi connectivity index (χ0v) is 16.5. The minimum absolute atomic E-state index is 0.00369. The molecular weight excluding hydrogens is 401 g/mol. The van der Waals surface area contributed by atoms with Crippen LogP contribution in [-0.2, 0) is 14.8 Å². The van der Waals surface area contributed by atoms with Gasteiger partial charge in [-0.2, -0.15) is 4.31 Å². The fourth-order valence-electron chi connectivity index (χ4n) is 3.04. The fourth-order valence-corrected chi connectivity index (χ4v) is 5.28. The number of nitrogens with zero attached hydrogens (tertiary/aromatic N) is 2. The van der Waals surface area contributed by atoms with Crippen LogP contribution in [0, 0.1) is 0 Å². The summed E-state index contributed by atoms with van der Waals surface area (Å²) in [6, 6.07) is 2.57. The van der Waals surface area contributed by atoms with Gasteiger partial charge in [0.15, 0.2) is 0 Å². The molecular formula is C16H21Cl2N3O4S. The summed E-state index contributed by atoms with van der Waals surface area (Å²) in [6.45, 7) is 2.67. The number of rotatable bonds is 4. The van der Waals surface area contributed by atoms with E-state index in [0.29, 0.717) is 13.2 Å². The molecule has 0 aromatic heterocycles. The number of hydrogen-bond acceptors (Lipinski definition) is 5. The van der Waals surface area contributed by atoms with Gasteiger partial charge in [-0.3, -0.25) is 10.2 Å². The number of ether oxygens (including phenoxy) is 1. The number of amides is 1. The van der Waals surface area contributed by atoms with Gasteiger partial charge >= 0.3 is 0 Å². The Balaban J connectivity index is 1.87. The van der Waals surface area contributed by atoms with Gasteiger partial charge in [0, 0.05) is 26.2 Å². The van der Waals surface area contributed by atoms with Crippen LogP contribution < -0.4 is 5.43 Å². The molecule has 1 N–H and O–H groups in total. The molecule has 0 atom stereocenters. The smallest absolute Gasteiger partial charge is 0.267 e. The first kappa shape index (κ1) is 19.9. The number of sulfonamides is 1. The Morgan fingerprint density at radius 2 is 1.65 bits per heavy atom. The van der Waals surface area contributed by atoms with Gasteiger partial charge < -0.3 is 4.74 Å². The maximum atomic E-state index is 12.9. The molecule has 2 heterocycles. The van der Waals surface area contributed by atoms with Crippen LogP contribution in [0.2, 0.25) is 10.0 Å². The predicted octanol–water partition coefficient (Wildman–Crippen LogP) is 2.15. The Labute approximate surface area is 163 Å². The van der Waals surface area contributed by atoms with E-state index >= 15 is 0 Å². The highest BCUT2D eigenvalue weighted by Crippen LogP contribution is 2.31. The molecule has 26 heavy (non-hydrogen) atoms. The van der Waals surface area contributed by atoms with Gasteiger partial charge in [-0.1, -0.05) is 29.6 Å². The number of hydrazine groups is 1. The number of carbonyl (C=O) groups excluding carboxylic acids is 1. The van der Waals surface area contributed by atoms with Crippen LogP contribution >= 0.6 is 23.2 Å². The van der Waals surface area contributed by atoms with Crippen LogP contribution in [0.15, 0.2) is 17.0 Å². The molecule has 7 nitrogen and oxygen atoms in total. The molecule has 144 valence electrons. The molecule has 2 aliphatic rings. The average molecular weight is 422 g/mol. The summed E-state index contributed by atoms with van der Waals surface area (Å²) in [6.07, 6.45) is 3.15. The molecule has 2 saturated heterocycles. The lowest BCUT2D eigenvalue weighted by atomic mass is 10.1. The van der Waals surface area contributed by atoms with Crippen molar-refractivity contribution in [2.24, 2.45) is 0 Å². The lowest BCUT2D eigenvalue weighted by molar-refractivity contribution is 0.0729. The van der Waals surface area contributed by atoms with Crippen molar-refractivity contribution in [2.45, 2.75) is 24.2 Å². The average Bonchev–Trinajstić information content (AvgIpc) is 2.63. The molecule has 2 aliphatic heterocycles. The van der Waals surface area contributed by atoms with Gasteiger partial charge in [-0.05, 0) is 25.0 Å². The molecule has 1 amide bonds. The molecule has 10 heteroatoms. The highest BCUT2D eigenvalue weighted by molar-refractivity contribution is 7.89.